The summed E-state index contributed by atoms with van der Waals surface area (Å²) in [6.07, 6.45) is 3.10. The molecule has 3 heteroatoms. The van der Waals surface area contributed by atoms with E-state index in [9.17, 15) is 0 Å². The highest BCUT2D eigenvalue weighted by Crippen LogP contribution is 2.28. The second-order valence-corrected chi connectivity index (χ2v) is 7.62. The van der Waals surface area contributed by atoms with E-state index >= 15 is 0 Å². The molecule has 0 aliphatic heterocycles. The summed E-state index contributed by atoms with van der Waals surface area (Å²) >= 11 is 8.20. The summed E-state index contributed by atoms with van der Waals surface area (Å²) in [6, 6.07) is 10.3. The van der Waals surface area contributed by atoms with Gasteiger partial charge in [0.1, 0.15) is 0 Å². The second kappa shape index (κ2) is 6.73. The van der Waals surface area contributed by atoms with Crippen molar-refractivity contribution in [3.05, 3.63) is 52.0 Å². The van der Waals surface area contributed by atoms with Gasteiger partial charge in [-0.05, 0) is 24.8 Å². The number of hydrogen-bond acceptors (Lipinski definition) is 2. The molecule has 0 N–H and O–H groups in total. The van der Waals surface area contributed by atoms with Crippen molar-refractivity contribution in [3.63, 3.8) is 0 Å². The zero-order valence-electron chi connectivity index (χ0n) is 12.4. The van der Waals surface area contributed by atoms with E-state index in [1.54, 1.807) is 11.3 Å². The van der Waals surface area contributed by atoms with Crippen LogP contribution in [0, 0.1) is 0 Å². The molecule has 0 aliphatic carbocycles. The quantitative estimate of drug-likeness (QED) is 0.641. The second-order valence-electron chi connectivity index (χ2n) is 6.15. The minimum atomic E-state index is 0.109. The maximum atomic E-state index is 6.43. The lowest BCUT2D eigenvalue weighted by Gasteiger charge is -2.14. The van der Waals surface area contributed by atoms with Crippen LogP contribution < -0.4 is 0 Å². The number of aromatic nitrogens is 1. The third-order valence-corrected chi connectivity index (χ3v) is 4.71. The van der Waals surface area contributed by atoms with E-state index in [2.05, 4.69) is 38.3 Å². The van der Waals surface area contributed by atoms with Crippen LogP contribution in [-0.4, -0.2) is 4.98 Å². The van der Waals surface area contributed by atoms with E-state index in [1.165, 1.54) is 16.3 Å². The van der Waals surface area contributed by atoms with Gasteiger partial charge in [-0.3, -0.25) is 0 Å². The maximum Gasteiger partial charge on any atom is 0.0928 e. The average molecular weight is 308 g/mol. The molecule has 1 aromatic carbocycles. The van der Waals surface area contributed by atoms with Crippen molar-refractivity contribution >= 4 is 22.9 Å². The van der Waals surface area contributed by atoms with Gasteiger partial charge in [0.2, 0.25) is 0 Å². The standard InChI is InChI=1S/C17H22ClNS/c1-17(2,3)15-12-20-16(19-15)11-7-10-14(18)13-8-5-4-6-9-13/h4-6,8-9,12,14H,7,10-11H2,1-3H3. The Kier molecular flexibility index (Phi) is 5.22. The van der Waals surface area contributed by atoms with Crippen LogP contribution in [0.4, 0.5) is 0 Å². The minimum Gasteiger partial charge on any atom is -0.246 e. The summed E-state index contributed by atoms with van der Waals surface area (Å²) in [5.74, 6) is 0. The van der Waals surface area contributed by atoms with E-state index in [1.807, 2.05) is 18.2 Å². The zero-order chi connectivity index (χ0) is 14.6. The Labute approximate surface area is 131 Å². The SMILES string of the molecule is CC(C)(C)c1csc(CCCC(Cl)c2ccccc2)n1. The van der Waals surface area contributed by atoms with Crippen molar-refractivity contribution in [1.82, 2.24) is 4.98 Å². The van der Waals surface area contributed by atoms with Crippen molar-refractivity contribution in [2.24, 2.45) is 0 Å². The number of hydrogen-bond donors (Lipinski definition) is 0. The van der Waals surface area contributed by atoms with Crippen molar-refractivity contribution in [1.29, 1.82) is 0 Å². The first-order valence-electron chi connectivity index (χ1n) is 7.11. The Hall–Kier alpha value is -0.860. The molecule has 1 aromatic heterocycles. The highest BCUT2D eigenvalue weighted by Gasteiger charge is 2.17. The molecular weight excluding hydrogens is 286 g/mol. The summed E-state index contributed by atoms with van der Waals surface area (Å²) < 4.78 is 0. The smallest absolute Gasteiger partial charge is 0.0928 e. The number of halogens is 1. The fraction of sp³-hybridized carbons (Fsp3) is 0.471. The van der Waals surface area contributed by atoms with Crippen molar-refractivity contribution in [2.75, 3.05) is 0 Å². The lowest BCUT2D eigenvalue weighted by atomic mass is 9.93. The molecule has 1 heterocycles. The Balaban J connectivity index is 1.83. The molecule has 20 heavy (non-hydrogen) atoms. The Morgan fingerprint density at radius 1 is 1.20 bits per heavy atom. The normalized spacial score (nSPS) is 13.4. The number of thiazole rings is 1. The molecule has 2 aromatic rings. The summed E-state index contributed by atoms with van der Waals surface area (Å²) in [5, 5.41) is 3.52. The molecule has 0 bridgehead atoms. The van der Waals surface area contributed by atoms with Crippen LogP contribution in [0.3, 0.4) is 0 Å². The Morgan fingerprint density at radius 2 is 1.90 bits per heavy atom. The number of rotatable bonds is 5. The molecule has 1 unspecified atom stereocenters. The van der Waals surface area contributed by atoms with Gasteiger partial charge in [0.25, 0.3) is 0 Å². The van der Waals surface area contributed by atoms with Gasteiger partial charge in [-0.1, -0.05) is 51.1 Å². The van der Waals surface area contributed by atoms with Gasteiger partial charge >= 0.3 is 0 Å². The van der Waals surface area contributed by atoms with Crippen LogP contribution in [0.2, 0.25) is 0 Å². The monoisotopic (exact) mass is 307 g/mol. The first-order valence-corrected chi connectivity index (χ1v) is 8.42. The molecule has 0 fully saturated rings. The van der Waals surface area contributed by atoms with E-state index < -0.39 is 0 Å². The summed E-state index contributed by atoms with van der Waals surface area (Å²) in [4.78, 5) is 4.73. The minimum absolute atomic E-state index is 0.109. The number of alkyl halides is 1. The van der Waals surface area contributed by atoms with Crippen molar-refractivity contribution in [2.45, 2.75) is 50.8 Å². The van der Waals surface area contributed by atoms with Crippen LogP contribution in [0.25, 0.3) is 0 Å². The van der Waals surface area contributed by atoms with E-state index in [-0.39, 0.29) is 10.8 Å². The van der Waals surface area contributed by atoms with Gasteiger partial charge in [-0.15, -0.1) is 22.9 Å². The van der Waals surface area contributed by atoms with Crippen molar-refractivity contribution < 1.29 is 0 Å². The first-order chi connectivity index (χ1) is 9.47. The fourth-order valence-corrected chi connectivity index (χ4v) is 3.40. The molecule has 108 valence electrons. The molecule has 1 nitrogen and oxygen atoms in total. The topological polar surface area (TPSA) is 12.9 Å². The predicted molar refractivity (Wildman–Crippen MR) is 88.8 cm³/mol. The molecule has 0 amide bonds. The van der Waals surface area contributed by atoms with Crippen LogP contribution >= 0.6 is 22.9 Å². The van der Waals surface area contributed by atoms with Gasteiger partial charge in [0.15, 0.2) is 0 Å². The molecule has 0 radical (unpaired) electrons. The molecular formula is C17H22ClNS. The largest absolute Gasteiger partial charge is 0.246 e. The van der Waals surface area contributed by atoms with E-state index in [4.69, 9.17) is 16.6 Å². The summed E-state index contributed by atoms with van der Waals surface area (Å²) in [6.45, 7) is 6.61. The number of aryl methyl sites for hydroxylation is 1. The third-order valence-electron chi connectivity index (χ3n) is 3.33. The predicted octanol–water partition coefficient (Wildman–Crippen LogP) is 5.74. The molecule has 0 aliphatic rings. The average Bonchev–Trinajstić information content (AvgIpc) is 2.88. The number of nitrogens with zero attached hydrogens (tertiary/aromatic N) is 1. The Bertz CT molecular complexity index is 527. The van der Waals surface area contributed by atoms with E-state index in [0.29, 0.717) is 0 Å². The van der Waals surface area contributed by atoms with Crippen LogP contribution in [0.1, 0.15) is 55.3 Å². The maximum absolute atomic E-state index is 6.43. The fourth-order valence-electron chi connectivity index (χ4n) is 2.03. The molecule has 1 atom stereocenters. The first kappa shape index (κ1) is 15.5. The highest BCUT2D eigenvalue weighted by atomic mass is 35.5. The van der Waals surface area contributed by atoms with Gasteiger partial charge in [-0.2, -0.15) is 0 Å². The summed E-state index contributed by atoms with van der Waals surface area (Å²) in [5.41, 5.74) is 2.56. The van der Waals surface area contributed by atoms with Gasteiger partial charge in [0.05, 0.1) is 16.1 Å². The molecule has 0 spiro atoms. The molecule has 0 saturated heterocycles. The summed E-state index contributed by atoms with van der Waals surface area (Å²) in [7, 11) is 0. The third kappa shape index (κ3) is 4.32. The van der Waals surface area contributed by atoms with Gasteiger partial charge in [-0.25, -0.2) is 4.98 Å². The number of benzene rings is 1. The van der Waals surface area contributed by atoms with Crippen LogP contribution in [0.15, 0.2) is 35.7 Å². The highest BCUT2D eigenvalue weighted by molar-refractivity contribution is 7.09. The lowest BCUT2D eigenvalue weighted by Crippen LogP contribution is -2.11. The zero-order valence-corrected chi connectivity index (χ0v) is 14.0. The molecule has 0 saturated carbocycles. The van der Waals surface area contributed by atoms with Crippen LogP contribution in [0.5, 0.6) is 0 Å². The van der Waals surface area contributed by atoms with Crippen molar-refractivity contribution in [3.8, 4) is 0 Å². The van der Waals surface area contributed by atoms with E-state index in [0.717, 1.165) is 19.3 Å². The lowest BCUT2D eigenvalue weighted by molar-refractivity contribution is 0.569. The Morgan fingerprint density at radius 3 is 2.50 bits per heavy atom. The van der Waals surface area contributed by atoms with Crippen LogP contribution in [-0.2, 0) is 11.8 Å². The van der Waals surface area contributed by atoms with Gasteiger partial charge in [0, 0.05) is 10.8 Å². The van der Waals surface area contributed by atoms with Gasteiger partial charge < -0.3 is 0 Å². The molecule has 2 rings (SSSR count).